The van der Waals surface area contributed by atoms with Crippen LogP contribution in [0, 0.1) is 6.92 Å². The largest absolute Gasteiger partial charge is 0.449 e. The molecule has 4 rings (SSSR count). The maximum atomic E-state index is 12.4. The van der Waals surface area contributed by atoms with E-state index in [9.17, 15) is 4.79 Å². The lowest BCUT2D eigenvalue weighted by Gasteiger charge is -2.06. The van der Waals surface area contributed by atoms with Crippen LogP contribution in [0.2, 0.25) is 5.02 Å². The number of nitrogens with zero attached hydrogens (tertiary/aromatic N) is 2. The average Bonchev–Trinajstić information content (AvgIpc) is 2.94. The normalized spacial score (nSPS) is 11.3. The summed E-state index contributed by atoms with van der Waals surface area (Å²) in [6.07, 6.45) is 1.52. The molecule has 2 N–H and O–H groups in total. The van der Waals surface area contributed by atoms with Gasteiger partial charge < -0.3 is 14.7 Å². The molecule has 0 amide bonds. The molecule has 6 nitrogen and oxygen atoms in total. The highest BCUT2D eigenvalue weighted by molar-refractivity contribution is 6.33. The van der Waals surface area contributed by atoms with Crippen LogP contribution in [0.3, 0.4) is 0 Å². The minimum atomic E-state index is -0.345. The summed E-state index contributed by atoms with van der Waals surface area (Å²) in [5.74, 6) is 1.01. The first-order valence-corrected chi connectivity index (χ1v) is 7.71. The molecule has 0 aliphatic rings. The van der Waals surface area contributed by atoms with Gasteiger partial charge in [0.15, 0.2) is 0 Å². The van der Waals surface area contributed by atoms with Gasteiger partial charge in [0.2, 0.25) is 5.58 Å². The number of aromatic amines is 1. The van der Waals surface area contributed by atoms with Crippen molar-refractivity contribution in [1.82, 2.24) is 15.0 Å². The fourth-order valence-electron chi connectivity index (χ4n) is 2.65. The minimum absolute atomic E-state index is 0.207. The number of aromatic nitrogens is 3. The second-order valence-corrected chi connectivity index (χ2v) is 5.90. The zero-order valence-corrected chi connectivity index (χ0v) is 13.7. The number of nitrogens with one attached hydrogen (secondary N) is 2. The van der Waals surface area contributed by atoms with E-state index in [1.165, 1.54) is 6.20 Å². The number of aryl methyl sites for hydroxylation is 1. The molecule has 0 spiro atoms. The number of H-pyrrole nitrogens is 1. The summed E-state index contributed by atoms with van der Waals surface area (Å²) in [4.78, 5) is 23.9. The summed E-state index contributed by atoms with van der Waals surface area (Å²) in [5.41, 5.74) is 2.67. The van der Waals surface area contributed by atoms with Crippen LogP contribution in [0.1, 0.15) is 5.56 Å². The quantitative estimate of drug-likeness (QED) is 0.580. The fourth-order valence-corrected chi connectivity index (χ4v) is 2.84. The van der Waals surface area contributed by atoms with Gasteiger partial charge in [-0.05, 0) is 25.1 Å². The molecule has 7 heteroatoms. The highest BCUT2D eigenvalue weighted by atomic mass is 35.5. The SMILES string of the molecule is CNc1cc(-c2nc3c(oc4ccc(C)cc43)c(=O)[nH]2)c(Cl)cn1. The van der Waals surface area contributed by atoms with Crippen LogP contribution in [0.15, 0.2) is 39.7 Å². The molecule has 24 heavy (non-hydrogen) atoms. The second-order valence-electron chi connectivity index (χ2n) is 5.49. The fraction of sp³-hybridized carbons (Fsp3) is 0.118. The molecule has 0 radical (unpaired) electrons. The number of anilines is 1. The van der Waals surface area contributed by atoms with E-state index in [1.54, 1.807) is 13.1 Å². The number of hydrogen-bond donors (Lipinski definition) is 2. The Labute approximate surface area is 141 Å². The lowest BCUT2D eigenvalue weighted by molar-refractivity contribution is 0.661. The van der Waals surface area contributed by atoms with E-state index >= 15 is 0 Å². The van der Waals surface area contributed by atoms with Crippen molar-refractivity contribution < 1.29 is 4.42 Å². The Morgan fingerprint density at radius 2 is 2.12 bits per heavy atom. The zero-order valence-electron chi connectivity index (χ0n) is 13.0. The Kier molecular flexibility index (Phi) is 3.28. The van der Waals surface area contributed by atoms with Gasteiger partial charge in [0, 0.05) is 24.2 Å². The molecular weight excluding hydrogens is 328 g/mol. The van der Waals surface area contributed by atoms with E-state index < -0.39 is 0 Å². The molecule has 0 bridgehead atoms. The molecule has 0 fully saturated rings. The van der Waals surface area contributed by atoms with Crippen molar-refractivity contribution in [3.63, 3.8) is 0 Å². The topological polar surface area (TPSA) is 83.8 Å². The molecule has 0 unspecified atom stereocenters. The molecule has 0 saturated carbocycles. The third-order valence-electron chi connectivity index (χ3n) is 3.85. The Morgan fingerprint density at radius 3 is 2.92 bits per heavy atom. The molecular formula is C17H13ClN4O2. The number of rotatable bonds is 2. The summed E-state index contributed by atoms with van der Waals surface area (Å²) in [7, 11) is 1.76. The highest BCUT2D eigenvalue weighted by Gasteiger charge is 2.16. The van der Waals surface area contributed by atoms with Crippen molar-refractivity contribution in [3.05, 3.63) is 51.4 Å². The molecule has 3 heterocycles. The number of halogens is 1. The van der Waals surface area contributed by atoms with Crippen molar-refractivity contribution in [2.45, 2.75) is 6.92 Å². The highest BCUT2D eigenvalue weighted by Crippen LogP contribution is 2.30. The second kappa shape index (κ2) is 5.35. The van der Waals surface area contributed by atoms with E-state index in [0.29, 0.717) is 33.3 Å². The van der Waals surface area contributed by atoms with Crippen LogP contribution in [0.25, 0.3) is 33.5 Å². The number of hydrogen-bond acceptors (Lipinski definition) is 5. The lowest BCUT2D eigenvalue weighted by Crippen LogP contribution is -2.08. The third kappa shape index (κ3) is 2.23. The van der Waals surface area contributed by atoms with Crippen molar-refractivity contribution in [2.75, 3.05) is 12.4 Å². The van der Waals surface area contributed by atoms with E-state index in [4.69, 9.17) is 16.0 Å². The molecule has 120 valence electrons. The molecule has 1 aromatic carbocycles. The molecule has 0 atom stereocenters. The van der Waals surface area contributed by atoms with Gasteiger partial charge in [-0.1, -0.05) is 23.2 Å². The predicted molar refractivity (Wildman–Crippen MR) is 94.7 cm³/mol. The van der Waals surface area contributed by atoms with Gasteiger partial charge in [0.25, 0.3) is 5.56 Å². The molecule has 3 aromatic heterocycles. The maximum absolute atomic E-state index is 12.4. The maximum Gasteiger partial charge on any atom is 0.294 e. The first-order valence-electron chi connectivity index (χ1n) is 7.33. The first kappa shape index (κ1) is 14.7. The van der Waals surface area contributed by atoms with Gasteiger partial charge in [-0.25, -0.2) is 9.97 Å². The van der Waals surface area contributed by atoms with Gasteiger partial charge in [0.1, 0.15) is 22.7 Å². The van der Waals surface area contributed by atoms with Crippen molar-refractivity contribution in [2.24, 2.45) is 0 Å². The molecule has 0 saturated heterocycles. The van der Waals surface area contributed by atoms with Crippen LogP contribution in [0.4, 0.5) is 5.82 Å². The summed E-state index contributed by atoms with van der Waals surface area (Å²) in [5, 5.41) is 4.15. The smallest absolute Gasteiger partial charge is 0.294 e. The van der Waals surface area contributed by atoms with E-state index in [1.807, 2.05) is 25.1 Å². The lowest BCUT2D eigenvalue weighted by atomic mass is 10.1. The van der Waals surface area contributed by atoms with Gasteiger partial charge in [-0.3, -0.25) is 4.79 Å². The van der Waals surface area contributed by atoms with E-state index in [-0.39, 0.29) is 11.1 Å². The summed E-state index contributed by atoms with van der Waals surface area (Å²) in [6.45, 7) is 1.98. The zero-order chi connectivity index (χ0) is 16.8. The average molecular weight is 341 g/mol. The van der Waals surface area contributed by atoms with E-state index in [2.05, 4.69) is 20.3 Å². The predicted octanol–water partition coefficient (Wildman–Crippen LogP) is 3.73. The van der Waals surface area contributed by atoms with Gasteiger partial charge in [0.05, 0.1) is 5.02 Å². The molecule has 0 aliphatic heterocycles. The van der Waals surface area contributed by atoms with Gasteiger partial charge in [-0.15, -0.1) is 0 Å². The van der Waals surface area contributed by atoms with Gasteiger partial charge in [-0.2, -0.15) is 0 Å². The van der Waals surface area contributed by atoms with Crippen LogP contribution in [-0.2, 0) is 0 Å². The van der Waals surface area contributed by atoms with Crippen molar-refractivity contribution in [1.29, 1.82) is 0 Å². The molecule has 4 aromatic rings. The Balaban J connectivity index is 2.06. The summed E-state index contributed by atoms with van der Waals surface area (Å²) in [6, 6.07) is 7.45. The Hall–Kier alpha value is -2.86. The first-order chi connectivity index (χ1) is 11.6. The summed E-state index contributed by atoms with van der Waals surface area (Å²) >= 11 is 6.23. The van der Waals surface area contributed by atoms with Crippen molar-refractivity contribution in [3.8, 4) is 11.4 Å². The Bertz CT molecular complexity index is 1150. The van der Waals surface area contributed by atoms with Crippen LogP contribution in [-0.4, -0.2) is 22.0 Å². The number of benzene rings is 1. The van der Waals surface area contributed by atoms with Crippen molar-refractivity contribution >= 4 is 39.5 Å². The standard InChI is InChI=1S/C17H13ClN4O2/c1-8-3-4-12-10(5-8)14-15(24-12)17(23)22-16(21-14)9-6-13(19-2)20-7-11(9)18/h3-7H,1-2H3,(H,19,20)(H,21,22,23). The monoisotopic (exact) mass is 340 g/mol. The number of pyridine rings is 1. The van der Waals surface area contributed by atoms with Crippen LogP contribution in [0.5, 0.6) is 0 Å². The third-order valence-corrected chi connectivity index (χ3v) is 4.15. The Morgan fingerprint density at radius 1 is 1.29 bits per heavy atom. The minimum Gasteiger partial charge on any atom is -0.449 e. The van der Waals surface area contributed by atoms with Gasteiger partial charge >= 0.3 is 0 Å². The molecule has 0 aliphatic carbocycles. The van der Waals surface area contributed by atoms with E-state index in [0.717, 1.165) is 10.9 Å². The number of fused-ring (bicyclic) bond motifs is 3. The summed E-state index contributed by atoms with van der Waals surface area (Å²) < 4.78 is 5.64. The van der Waals surface area contributed by atoms with Crippen LogP contribution < -0.4 is 10.9 Å². The van der Waals surface area contributed by atoms with Crippen LogP contribution >= 0.6 is 11.6 Å². The number of furan rings is 1.